The minimum Gasteiger partial charge on any atom is -0.382 e. The molecule has 1 aromatic carbocycles. The molecule has 0 spiro atoms. The van der Waals surface area contributed by atoms with Gasteiger partial charge in [0.25, 0.3) is 0 Å². The fourth-order valence-corrected chi connectivity index (χ4v) is 2.45. The van der Waals surface area contributed by atoms with E-state index >= 15 is 0 Å². The van der Waals surface area contributed by atoms with Crippen molar-refractivity contribution in [3.05, 3.63) is 41.7 Å². The molecule has 1 fully saturated rings. The molecule has 0 amide bonds. The maximum atomic E-state index is 5.55. The smallest absolute Gasteiger partial charge is 0.159 e. The van der Waals surface area contributed by atoms with E-state index in [1.54, 1.807) is 0 Å². The zero-order valence-electron chi connectivity index (χ0n) is 12.5. The van der Waals surface area contributed by atoms with Crippen LogP contribution in [-0.2, 0) is 0 Å². The molecule has 0 unspecified atom stereocenters. The van der Waals surface area contributed by atoms with Crippen LogP contribution in [0.15, 0.2) is 30.5 Å². The minimum atomic E-state index is 0.594. The molecule has 0 saturated heterocycles. The Balaban J connectivity index is 1.88. The number of rotatable bonds is 6. The molecule has 4 nitrogen and oxygen atoms in total. The van der Waals surface area contributed by atoms with Gasteiger partial charge in [-0.3, -0.25) is 0 Å². The van der Waals surface area contributed by atoms with E-state index in [-0.39, 0.29) is 0 Å². The molecule has 0 radical (unpaired) electrons. The van der Waals surface area contributed by atoms with E-state index in [0.29, 0.717) is 12.5 Å². The summed E-state index contributed by atoms with van der Waals surface area (Å²) in [7, 11) is 0. The van der Waals surface area contributed by atoms with Crippen molar-refractivity contribution in [2.75, 3.05) is 18.4 Å². The Morgan fingerprint density at radius 1 is 1.33 bits per heavy atom. The summed E-state index contributed by atoms with van der Waals surface area (Å²) in [5, 5.41) is 3.42. The van der Waals surface area contributed by atoms with E-state index in [1.807, 2.05) is 6.20 Å². The molecule has 0 aliphatic heterocycles. The van der Waals surface area contributed by atoms with Gasteiger partial charge in [0.15, 0.2) is 5.82 Å². The molecular weight excluding hydrogens is 260 g/mol. The number of aromatic nitrogens is 2. The van der Waals surface area contributed by atoms with Gasteiger partial charge in [-0.2, -0.15) is 0 Å². The zero-order valence-corrected chi connectivity index (χ0v) is 12.5. The van der Waals surface area contributed by atoms with Gasteiger partial charge in [-0.25, -0.2) is 9.97 Å². The number of nitrogens with two attached hydrogens (primary N) is 1. The lowest BCUT2D eigenvalue weighted by molar-refractivity contribution is 0.866. The third-order valence-electron chi connectivity index (χ3n) is 3.75. The third-order valence-corrected chi connectivity index (χ3v) is 3.75. The molecule has 21 heavy (non-hydrogen) atoms. The lowest BCUT2D eigenvalue weighted by Crippen LogP contribution is -2.11. The predicted molar refractivity (Wildman–Crippen MR) is 86.3 cm³/mol. The highest BCUT2D eigenvalue weighted by Crippen LogP contribution is 2.42. The fraction of sp³-hybridized carbons (Fsp3) is 0.412. The predicted octanol–water partition coefficient (Wildman–Crippen LogP) is 3.09. The third kappa shape index (κ3) is 3.39. The largest absolute Gasteiger partial charge is 0.382 e. The van der Waals surface area contributed by atoms with Crippen molar-refractivity contribution in [2.24, 2.45) is 5.73 Å². The molecule has 2 aromatic rings. The topological polar surface area (TPSA) is 63.8 Å². The Hall–Kier alpha value is -1.94. The number of nitrogens with zero attached hydrogens (tertiary/aromatic N) is 2. The zero-order chi connectivity index (χ0) is 14.7. The highest BCUT2D eigenvalue weighted by atomic mass is 15.0. The van der Waals surface area contributed by atoms with E-state index in [4.69, 9.17) is 10.7 Å². The normalized spacial score (nSPS) is 14.2. The van der Waals surface area contributed by atoms with Crippen LogP contribution >= 0.6 is 0 Å². The van der Waals surface area contributed by atoms with Gasteiger partial charge in [0.1, 0.15) is 0 Å². The second-order valence-electron chi connectivity index (χ2n) is 5.71. The molecule has 0 atom stereocenters. The Morgan fingerprint density at radius 3 is 2.90 bits per heavy atom. The number of aryl methyl sites for hydroxylation is 1. The van der Waals surface area contributed by atoms with Crippen LogP contribution in [0.4, 0.5) is 5.69 Å². The first kappa shape index (κ1) is 14.0. The Kier molecular flexibility index (Phi) is 4.15. The van der Waals surface area contributed by atoms with Crippen molar-refractivity contribution in [1.29, 1.82) is 0 Å². The molecule has 1 saturated carbocycles. The minimum absolute atomic E-state index is 0.594. The van der Waals surface area contributed by atoms with Crippen LogP contribution in [0.5, 0.6) is 0 Å². The summed E-state index contributed by atoms with van der Waals surface area (Å²) in [6.07, 6.45) is 5.35. The first-order valence-corrected chi connectivity index (χ1v) is 7.66. The SMILES string of the molecule is Cc1cccc(-c2ncc(NCCCN)c(C3CC3)n2)c1. The van der Waals surface area contributed by atoms with Crippen LogP contribution < -0.4 is 11.1 Å². The van der Waals surface area contributed by atoms with Crippen molar-refractivity contribution in [1.82, 2.24) is 9.97 Å². The second-order valence-corrected chi connectivity index (χ2v) is 5.71. The highest BCUT2D eigenvalue weighted by Gasteiger charge is 2.28. The van der Waals surface area contributed by atoms with Crippen LogP contribution in [0.1, 0.15) is 36.4 Å². The molecule has 0 bridgehead atoms. The number of anilines is 1. The van der Waals surface area contributed by atoms with Crippen LogP contribution in [-0.4, -0.2) is 23.1 Å². The van der Waals surface area contributed by atoms with Gasteiger partial charge in [-0.15, -0.1) is 0 Å². The van der Waals surface area contributed by atoms with Gasteiger partial charge in [-0.05, 0) is 38.8 Å². The first-order valence-electron chi connectivity index (χ1n) is 7.66. The summed E-state index contributed by atoms with van der Waals surface area (Å²) in [4.78, 5) is 9.35. The molecule has 3 N–H and O–H groups in total. The number of benzene rings is 1. The van der Waals surface area contributed by atoms with Crippen LogP contribution in [0.2, 0.25) is 0 Å². The van der Waals surface area contributed by atoms with Gasteiger partial charge < -0.3 is 11.1 Å². The van der Waals surface area contributed by atoms with E-state index in [0.717, 1.165) is 30.0 Å². The lowest BCUT2D eigenvalue weighted by atomic mass is 10.1. The van der Waals surface area contributed by atoms with Gasteiger partial charge >= 0.3 is 0 Å². The summed E-state index contributed by atoms with van der Waals surface area (Å²) in [5.74, 6) is 1.42. The molecule has 110 valence electrons. The lowest BCUT2D eigenvalue weighted by Gasteiger charge is -2.12. The average Bonchev–Trinajstić information content (AvgIpc) is 3.32. The Bertz CT molecular complexity index is 620. The van der Waals surface area contributed by atoms with Gasteiger partial charge in [0, 0.05) is 18.0 Å². The molecule has 1 aliphatic carbocycles. The van der Waals surface area contributed by atoms with Crippen molar-refractivity contribution in [2.45, 2.75) is 32.1 Å². The van der Waals surface area contributed by atoms with E-state index in [9.17, 15) is 0 Å². The Morgan fingerprint density at radius 2 is 2.19 bits per heavy atom. The molecule has 4 heteroatoms. The number of hydrogen-bond donors (Lipinski definition) is 2. The van der Waals surface area contributed by atoms with E-state index in [1.165, 1.54) is 24.1 Å². The van der Waals surface area contributed by atoms with Gasteiger partial charge in [0.2, 0.25) is 0 Å². The van der Waals surface area contributed by atoms with Gasteiger partial charge in [-0.1, -0.05) is 23.8 Å². The first-order chi connectivity index (χ1) is 10.3. The van der Waals surface area contributed by atoms with E-state index in [2.05, 4.69) is 41.5 Å². The molecular formula is C17H22N4. The second kappa shape index (κ2) is 6.22. The number of nitrogens with one attached hydrogen (secondary N) is 1. The molecule has 1 aromatic heterocycles. The van der Waals surface area contributed by atoms with Crippen LogP contribution in [0.25, 0.3) is 11.4 Å². The van der Waals surface area contributed by atoms with E-state index < -0.39 is 0 Å². The highest BCUT2D eigenvalue weighted by molar-refractivity contribution is 5.59. The summed E-state index contributed by atoms with van der Waals surface area (Å²) in [6, 6.07) is 8.35. The quantitative estimate of drug-likeness (QED) is 0.799. The molecule has 1 aliphatic rings. The monoisotopic (exact) mass is 282 g/mol. The molecule has 3 rings (SSSR count). The maximum absolute atomic E-state index is 5.55. The average molecular weight is 282 g/mol. The van der Waals surface area contributed by atoms with Crippen molar-refractivity contribution in [3.8, 4) is 11.4 Å². The summed E-state index contributed by atoms with van der Waals surface area (Å²) in [6.45, 7) is 3.67. The van der Waals surface area contributed by atoms with Crippen molar-refractivity contribution < 1.29 is 0 Å². The van der Waals surface area contributed by atoms with Crippen LogP contribution in [0, 0.1) is 6.92 Å². The molecule has 1 heterocycles. The summed E-state index contributed by atoms with van der Waals surface area (Å²) < 4.78 is 0. The maximum Gasteiger partial charge on any atom is 0.159 e. The number of hydrogen-bond acceptors (Lipinski definition) is 4. The Labute approximate surface area is 125 Å². The van der Waals surface area contributed by atoms with Crippen molar-refractivity contribution in [3.63, 3.8) is 0 Å². The standard InChI is InChI=1S/C17H22N4/c1-12-4-2-5-14(10-12)17-20-11-15(19-9-3-8-18)16(21-17)13-6-7-13/h2,4-5,10-11,13,19H,3,6-9,18H2,1H3. The summed E-state index contributed by atoms with van der Waals surface area (Å²) in [5.41, 5.74) is 10.1. The van der Waals surface area contributed by atoms with Gasteiger partial charge in [0.05, 0.1) is 17.6 Å². The summed E-state index contributed by atoms with van der Waals surface area (Å²) >= 11 is 0. The van der Waals surface area contributed by atoms with Crippen molar-refractivity contribution >= 4 is 5.69 Å². The van der Waals surface area contributed by atoms with Crippen LogP contribution in [0.3, 0.4) is 0 Å². The fourth-order valence-electron chi connectivity index (χ4n) is 2.45.